The lowest BCUT2D eigenvalue weighted by Crippen LogP contribution is -2.15. The van der Waals surface area contributed by atoms with Crippen LogP contribution in [-0.2, 0) is 0 Å². The van der Waals surface area contributed by atoms with E-state index >= 15 is 0 Å². The molecule has 2 aromatic rings. The summed E-state index contributed by atoms with van der Waals surface area (Å²) >= 11 is 11.8. The molecule has 1 aromatic heterocycles. The van der Waals surface area contributed by atoms with Crippen molar-refractivity contribution < 1.29 is 9.53 Å². The number of carbonyl (C=O) groups excluding carboxylic acids is 1. The van der Waals surface area contributed by atoms with E-state index in [1.165, 1.54) is 19.2 Å². The highest BCUT2D eigenvalue weighted by Gasteiger charge is 2.14. The van der Waals surface area contributed by atoms with E-state index < -0.39 is 5.91 Å². The molecule has 0 radical (unpaired) electrons. The largest absolute Gasteiger partial charge is 0.481 e. The van der Waals surface area contributed by atoms with Crippen LogP contribution in [0.1, 0.15) is 10.4 Å². The van der Waals surface area contributed by atoms with Crippen LogP contribution in [0, 0.1) is 0 Å². The van der Waals surface area contributed by atoms with Crippen molar-refractivity contribution in [3.63, 3.8) is 0 Å². The number of nitrogens with two attached hydrogens (primary N) is 1. The minimum Gasteiger partial charge on any atom is -0.481 e. The zero-order valence-corrected chi connectivity index (χ0v) is 11.9. The van der Waals surface area contributed by atoms with Gasteiger partial charge in [-0.25, -0.2) is 4.98 Å². The maximum atomic E-state index is 12.1. The van der Waals surface area contributed by atoms with Crippen LogP contribution in [0.15, 0.2) is 24.3 Å². The molecule has 0 spiro atoms. The van der Waals surface area contributed by atoms with E-state index in [4.69, 9.17) is 33.7 Å². The number of benzene rings is 1. The van der Waals surface area contributed by atoms with Gasteiger partial charge in [-0.3, -0.25) is 10.1 Å². The highest BCUT2D eigenvalue weighted by atomic mass is 35.5. The molecule has 20 heavy (non-hydrogen) atoms. The lowest BCUT2D eigenvalue weighted by molar-refractivity contribution is 0.102. The first-order valence-corrected chi connectivity index (χ1v) is 6.20. The number of carbonyl (C=O) groups is 1. The Morgan fingerprint density at radius 1 is 1.35 bits per heavy atom. The van der Waals surface area contributed by atoms with E-state index in [1.54, 1.807) is 12.1 Å². The van der Waals surface area contributed by atoms with Crippen LogP contribution in [0.5, 0.6) is 5.88 Å². The molecule has 1 heterocycles. The second kappa shape index (κ2) is 5.94. The number of rotatable bonds is 3. The smallest absolute Gasteiger partial charge is 0.259 e. The first-order chi connectivity index (χ1) is 9.51. The van der Waals surface area contributed by atoms with Gasteiger partial charge in [0.05, 0.1) is 23.4 Å². The monoisotopic (exact) mass is 312 g/mol. The Bertz CT molecular complexity index is 664. The number of nitrogens with one attached hydrogen (secondary N) is 1. The minimum absolute atomic E-state index is 0.0119. The van der Waals surface area contributed by atoms with Crippen molar-refractivity contribution in [2.75, 3.05) is 18.2 Å². The third kappa shape index (κ3) is 3.09. The second-order valence-corrected chi connectivity index (χ2v) is 4.48. The molecule has 3 N–H and O–H groups in total. The molecule has 1 amide bonds. The molecule has 0 bridgehead atoms. The third-order valence-corrected chi connectivity index (χ3v) is 2.99. The molecule has 0 unspecified atom stereocenters. The first-order valence-electron chi connectivity index (χ1n) is 5.45. The molecule has 1 aromatic carbocycles. The summed E-state index contributed by atoms with van der Waals surface area (Å²) < 4.78 is 4.93. The molecule has 0 fully saturated rings. The number of anilines is 2. The van der Waals surface area contributed by atoms with E-state index in [-0.39, 0.29) is 27.6 Å². The Hall–Kier alpha value is -2.05. The van der Waals surface area contributed by atoms with Crippen molar-refractivity contribution >= 4 is 40.7 Å². The Morgan fingerprint density at radius 2 is 2.10 bits per heavy atom. The quantitative estimate of drug-likeness (QED) is 0.671. The Morgan fingerprint density at radius 3 is 2.80 bits per heavy atom. The standard InChI is InChI=1S/C12H10Cl2N4O2/c1-20-9-5-8(13)16-12(17-9)18-11(19)6-3-2-4-7(15)10(6)14/h2-5H,15H2,1H3,(H,16,17,18,19). The van der Waals surface area contributed by atoms with Gasteiger partial charge in [-0.2, -0.15) is 4.98 Å². The molecule has 0 aliphatic rings. The van der Waals surface area contributed by atoms with Crippen molar-refractivity contribution in [2.24, 2.45) is 0 Å². The Balaban J connectivity index is 2.28. The fraction of sp³-hybridized carbons (Fsp3) is 0.0833. The minimum atomic E-state index is -0.494. The van der Waals surface area contributed by atoms with Crippen molar-refractivity contribution in [3.05, 3.63) is 40.0 Å². The van der Waals surface area contributed by atoms with Crippen molar-refractivity contribution in [1.29, 1.82) is 0 Å². The fourth-order valence-electron chi connectivity index (χ4n) is 1.45. The predicted molar refractivity (Wildman–Crippen MR) is 77.4 cm³/mol. The second-order valence-electron chi connectivity index (χ2n) is 3.72. The number of methoxy groups -OCH3 is 1. The predicted octanol–water partition coefficient (Wildman–Crippen LogP) is 2.63. The normalized spacial score (nSPS) is 10.2. The van der Waals surface area contributed by atoms with Gasteiger partial charge in [0.2, 0.25) is 11.8 Å². The number of amides is 1. The molecule has 0 saturated carbocycles. The van der Waals surface area contributed by atoms with Gasteiger partial charge in [0, 0.05) is 6.07 Å². The molecular formula is C12H10Cl2N4O2. The average Bonchev–Trinajstić information content (AvgIpc) is 2.41. The maximum absolute atomic E-state index is 12.1. The summed E-state index contributed by atoms with van der Waals surface area (Å²) in [5, 5.41) is 2.79. The summed E-state index contributed by atoms with van der Waals surface area (Å²) in [6, 6.07) is 6.17. The maximum Gasteiger partial charge on any atom is 0.259 e. The van der Waals surface area contributed by atoms with Crippen LogP contribution in [0.2, 0.25) is 10.2 Å². The van der Waals surface area contributed by atoms with Crippen LogP contribution >= 0.6 is 23.2 Å². The van der Waals surface area contributed by atoms with E-state index in [1.807, 2.05) is 0 Å². The summed E-state index contributed by atoms with van der Waals surface area (Å²) in [6.07, 6.45) is 0. The molecular weight excluding hydrogens is 303 g/mol. The molecule has 104 valence electrons. The average molecular weight is 313 g/mol. The van der Waals surface area contributed by atoms with E-state index in [9.17, 15) is 4.79 Å². The molecule has 0 aliphatic carbocycles. The topological polar surface area (TPSA) is 90.1 Å². The number of nitrogens with zero attached hydrogens (tertiary/aromatic N) is 2. The van der Waals surface area contributed by atoms with Crippen LogP contribution in [0.25, 0.3) is 0 Å². The zero-order valence-electron chi connectivity index (χ0n) is 10.4. The number of hydrogen-bond donors (Lipinski definition) is 2. The Labute approximate surface area is 124 Å². The lowest BCUT2D eigenvalue weighted by Gasteiger charge is -2.08. The fourth-order valence-corrected chi connectivity index (χ4v) is 1.84. The van der Waals surface area contributed by atoms with Gasteiger partial charge < -0.3 is 10.5 Å². The van der Waals surface area contributed by atoms with Gasteiger partial charge in [0.15, 0.2) is 0 Å². The van der Waals surface area contributed by atoms with E-state index in [2.05, 4.69) is 15.3 Å². The molecule has 0 aliphatic heterocycles. The van der Waals surface area contributed by atoms with E-state index in [0.29, 0.717) is 5.69 Å². The molecule has 6 nitrogen and oxygen atoms in total. The molecule has 0 atom stereocenters. The number of ether oxygens (including phenoxy) is 1. The summed E-state index contributed by atoms with van der Waals surface area (Å²) in [7, 11) is 1.43. The molecule has 8 heteroatoms. The Kier molecular flexibility index (Phi) is 4.26. The summed E-state index contributed by atoms with van der Waals surface area (Å²) in [5.41, 5.74) is 6.16. The van der Waals surface area contributed by atoms with Crippen molar-refractivity contribution in [2.45, 2.75) is 0 Å². The van der Waals surface area contributed by atoms with Gasteiger partial charge in [-0.1, -0.05) is 29.3 Å². The first kappa shape index (κ1) is 14.4. The molecule has 0 saturated heterocycles. The number of halogens is 2. The highest BCUT2D eigenvalue weighted by molar-refractivity contribution is 6.36. The van der Waals surface area contributed by atoms with Crippen LogP contribution < -0.4 is 15.8 Å². The van der Waals surface area contributed by atoms with Crippen molar-refractivity contribution in [1.82, 2.24) is 9.97 Å². The van der Waals surface area contributed by atoms with Crippen molar-refractivity contribution in [3.8, 4) is 5.88 Å². The van der Waals surface area contributed by atoms with Gasteiger partial charge in [0.1, 0.15) is 5.15 Å². The SMILES string of the molecule is COc1cc(Cl)nc(NC(=O)c2cccc(N)c2Cl)n1. The van der Waals surface area contributed by atoms with Gasteiger partial charge in [-0.15, -0.1) is 0 Å². The summed E-state index contributed by atoms with van der Waals surface area (Å²) in [4.78, 5) is 19.9. The van der Waals surface area contributed by atoms with Crippen LogP contribution in [0.3, 0.4) is 0 Å². The summed E-state index contributed by atoms with van der Waals surface area (Å²) in [5.74, 6) is -0.247. The summed E-state index contributed by atoms with van der Waals surface area (Å²) in [6.45, 7) is 0. The number of aromatic nitrogens is 2. The van der Waals surface area contributed by atoms with E-state index in [0.717, 1.165) is 0 Å². The lowest BCUT2D eigenvalue weighted by atomic mass is 10.2. The third-order valence-electron chi connectivity index (χ3n) is 2.38. The molecule has 2 rings (SSSR count). The van der Waals surface area contributed by atoms with Gasteiger partial charge in [0.25, 0.3) is 5.91 Å². The number of nitrogen functional groups attached to an aromatic ring is 1. The number of hydrogen-bond acceptors (Lipinski definition) is 5. The van der Waals surface area contributed by atoms with Crippen LogP contribution in [0.4, 0.5) is 11.6 Å². The van der Waals surface area contributed by atoms with Crippen LogP contribution in [-0.4, -0.2) is 23.0 Å². The zero-order chi connectivity index (χ0) is 14.7. The van der Waals surface area contributed by atoms with Gasteiger partial charge >= 0.3 is 0 Å². The highest BCUT2D eigenvalue weighted by Crippen LogP contribution is 2.24. The van der Waals surface area contributed by atoms with Gasteiger partial charge in [-0.05, 0) is 12.1 Å².